The van der Waals surface area contributed by atoms with Crippen molar-refractivity contribution in [1.29, 1.82) is 0 Å². The number of methoxy groups -OCH3 is 1. The van der Waals surface area contributed by atoms with E-state index in [1.807, 2.05) is 19.2 Å². The highest BCUT2D eigenvalue weighted by Crippen LogP contribution is 2.36. The minimum Gasteiger partial charge on any atom is -0.381 e. The maximum absolute atomic E-state index is 10.7. The molecule has 1 atom stereocenters. The van der Waals surface area contributed by atoms with Crippen molar-refractivity contribution in [2.45, 2.75) is 64.9 Å². The van der Waals surface area contributed by atoms with E-state index >= 15 is 0 Å². The summed E-state index contributed by atoms with van der Waals surface area (Å²) in [7, 11) is 1.82. The summed E-state index contributed by atoms with van der Waals surface area (Å²) in [6.07, 6.45) is 7.95. The van der Waals surface area contributed by atoms with Crippen molar-refractivity contribution in [2.75, 3.05) is 7.11 Å². The van der Waals surface area contributed by atoms with Crippen LogP contribution in [0.5, 0.6) is 0 Å². The van der Waals surface area contributed by atoms with Gasteiger partial charge in [-0.05, 0) is 97.9 Å². The van der Waals surface area contributed by atoms with Gasteiger partial charge < -0.3 is 9.53 Å². The molecule has 3 rings (SSSR count). The second kappa shape index (κ2) is 10.2. The van der Waals surface area contributed by atoms with E-state index in [9.17, 15) is 4.79 Å². The standard InChI is InChI=1S/C26H31ClO2/c1-18-19(2)21(7-6-20(18)5-4-16-28)8-9-23-17-25(29-3)14-15-26(23)22-10-12-24(27)13-11-22/h6-7,10-13,16,25H,4-5,8-9,14-15,17H2,1-3H3. The smallest absolute Gasteiger partial charge is 0.120 e. The molecule has 2 aromatic rings. The minimum absolute atomic E-state index is 0.314. The molecule has 0 saturated carbocycles. The summed E-state index contributed by atoms with van der Waals surface area (Å²) in [4.78, 5) is 10.7. The third kappa shape index (κ3) is 5.38. The summed E-state index contributed by atoms with van der Waals surface area (Å²) >= 11 is 6.10. The zero-order valence-electron chi connectivity index (χ0n) is 17.8. The number of carbonyl (C=O) groups is 1. The van der Waals surface area contributed by atoms with Crippen LogP contribution < -0.4 is 0 Å². The van der Waals surface area contributed by atoms with Gasteiger partial charge in [-0.3, -0.25) is 0 Å². The van der Waals surface area contributed by atoms with Crippen molar-refractivity contribution >= 4 is 23.5 Å². The van der Waals surface area contributed by atoms with E-state index in [1.165, 1.54) is 39.0 Å². The van der Waals surface area contributed by atoms with Gasteiger partial charge in [-0.2, -0.15) is 0 Å². The van der Waals surface area contributed by atoms with Gasteiger partial charge in [-0.15, -0.1) is 0 Å². The van der Waals surface area contributed by atoms with Crippen LogP contribution in [0.1, 0.15) is 59.9 Å². The largest absolute Gasteiger partial charge is 0.381 e. The Morgan fingerprint density at radius 2 is 1.66 bits per heavy atom. The molecule has 0 N–H and O–H groups in total. The molecule has 0 radical (unpaired) electrons. The van der Waals surface area contributed by atoms with Gasteiger partial charge in [0.2, 0.25) is 0 Å². The summed E-state index contributed by atoms with van der Waals surface area (Å²) in [6.45, 7) is 4.39. The highest BCUT2D eigenvalue weighted by Gasteiger charge is 2.22. The quantitative estimate of drug-likeness (QED) is 0.454. The number of aldehydes is 1. The number of aryl methyl sites for hydroxylation is 2. The van der Waals surface area contributed by atoms with Gasteiger partial charge in [-0.25, -0.2) is 0 Å². The first-order chi connectivity index (χ1) is 14.0. The van der Waals surface area contributed by atoms with Gasteiger partial charge in [0.05, 0.1) is 6.10 Å². The first-order valence-corrected chi connectivity index (χ1v) is 10.9. The Balaban J connectivity index is 1.82. The number of ether oxygens (including phenoxy) is 1. The van der Waals surface area contributed by atoms with Crippen LogP contribution >= 0.6 is 11.6 Å². The topological polar surface area (TPSA) is 26.3 Å². The fourth-order valence-corrected chi connectivity index (χ4v) is 4.54. The number of halogens is 1. The first kappa shape index (κ1) is 21.8. The van der Waals surface area contributed by atoms with Gasteiger partial charge in [0, 0.05) is 18.6 Å². The Labute approximate surface area is 179 Å². The van der Waals surface area contributed by atoms with E-state index in [2.05, 4.69) is 38.1 Å². The Kier molecular flexibility index (Phi) is 7.69. The maximum atomic E-state index is 10.7. The lowest BCUT2D eigenvalue weighted by Crippen LogP contribution is -2.17. The number of carbonyl (C=O) groups excluding carboxylic acids is 1. The molecule has 0 amide bonds. The van der Waals surface area contributed by atoms with Crippen LogP contribution in [0.4, 0.5) is 0 Å². The highest BCUT2D eigenvalue weighted by atomic mass is 35.5. The van der Waals surface area contributed by atoms with Crippen molar-refractivity contribution in [3.8, 4) is 0 Å². The molecule has 0 aliphatic heterocycles. The van der Waals surface area contributed by atoms with E-state index in [4.69, 9.17) is 16.3 Å². The van der Waals surface area contributed by atoms with Gasteiger partial charge in [-0.1, -0.05) is 41.4 Å². The highest BCUT2D eigenvalue weighted by molar-refractivity contribution is 6.30. The van der Waals surface area contributed by atoms with Crippen LogP contribution in [0.2, 0.25) is 5.02 Å². The number of allylic oxidation sites excluding steroid dienone is 1. The van der Waals surface area contributed by atoms with Crippen molar-refractivity contribution in [3.63, 3.8) is 0 Å². The lowest BCUT2D eigenvalue weighted by molar-refractivity contribution is -0.107. The van der Waals surface area contributed by atoms with Crippen LogP contribution in [-0.2, 0) is 22.4 Å². The van der Waals surface area contributed by atoms with E-state index in [0.717, 1.165) is 49.8 Å². The second-order valence-electron chi connectivity index (χ2n) is 8.03. The summed E-state index contributed by atoms with van der Waals surface area (Å²) in [5, 5.41) is 0.780. The Hall–Kier alpha value is -1.90. The normalized spacial score (nSPS) is 16.9. The predicted molar refractivity (Wildman–Crippen MR) is 122 cm³/mol. The molecule has 1 aliphatic carbocycles. The fraction of sp³-hybridized carbons (Fsp3) is 0.423. The van der Waals surface area contributed by atoms with Crippen LogP contribution in [0.15, 0.2) is 42.0 Å². The van der Waals surface area contributed by atoms with Crippen LogP contribution in [0.3, 0.4) is 0 Å². The number of benzene rings is 2. The Bertz CT molecular complexity index is 880. The maximum Gasteiger partial charge on any atom is 0.120 e. The summed E-state index contributed by atoms with van der Waals surface area (Å²) in [6, 6.07) is 12.7. The summed E-state index contributed by atoms with van der Waals surface area (Å²) in [5.41, 5.74) is 9.64. The lowest BCUT2D eigenvalue weighted by atomic mass is 9.82. The molecule has 29 heavy (non-hydrogen) atoms. The Morgan fingerprint density at radius 1 is 1.00 bits per heavy atom. The van der Waals surface area contributed by atoms with E-state index in [-0.39, 0.29) is 0 Å². The fourth-order valence-electron chi connectivity index (χ4n) is 4.41. The van der Waals surface area contributed by atoms with Gasteiger partial charge in [0.15, 0.2) is 0 Å². The van der Waals surface area contributed by atoms with Crippen molar-refractivity contribution < 1.29 is 9.53 Å². The number of hydrogen-bond donors (Lipinski definition) is 0. The molecule has 2 nitrogen and oxygen atoms in total. The molecular formula is C26H31ClO2. The average Bonchev–Trinajstić information content (AvgIpc) is 2.74. The summed E-state index contributed by atoms with van der Waals surface area (Å²) in [5.74, 6) is 0. The lowest BCUT2D eigenvalue weighted by Gasteiger charge is -2.27. The molecule has 1 aliphatic rings. The van der Waals surface area contributed by atoms with E-state index in [0.29, 0.717) is 12.5 Å². The average molecular weight is 411 g/mol. The van der Waals surface area contributed by atoms with Gasteiger partial charge in [0.1, 0.15) is 6.29 Å². The molecule has 0 heterocycles. The van der Waals surface area contributed by atoms with E-state index in [1.54, 1.807) is 0 Å². The van der Waals surface area contributed by atoms with Gasteiger partial charge in [0.25, 0.3) is 0 Å². The zero-order valence-corrected chi connectivity index (χ0v) is 18.5. The number of rotatable bonds is 8. The van der Waals surface area contributed by atoms with Crippen LogP contribution in [-0.4, -0.2) is 19.5 Å². The third-order valence-electron chi connectivity index (χ3n) is 6.38. The first-order valence-electron chi connectivity index (χ1n) is 10.5. The molecule has 3 heteroatoms. The van der Waals surface area contributed by atoms with Crippen LogP contribution in [0.25, 0.3) is 5.57 Å². The van der Waals surface area contributed by atoms with Crippen LogP contribution in [0, 0.1) is 13.8 Å². The molecule has 1 unspecified atom stereocenters. The van der Waals surface area contributed by atoms with Crippen molar-refractivity contribution in [1.82, 2.24) is 0 Å². The number of hydrogen-bond acceptors (Lipinski definition) is 2. The molecule has 0 saturated heterocycles. The zero-order chi connectivity index (χ0) is 20.8. The summed E-state index contributed by atoms with van der Waals surface area (Å²) < 4.78 is 5.69. The molecule has 0 spiro atoms. The minimum atomic E-state index is 0.314. The molecular weight excluding hydrogens is 380 g/mol. The Morgan fingerprint density at radius 3 is 2.28 bits per heavy atom. The SMILES string of the molecule is COC1CCC(c2ccc(Cl)cc2)=C(CCc2ccc(CCC=O)c(C)c2C)C1. The third-order valence-corrected chi connectivity index (χ3v) is 6.63. The molecule has 154 valence electrons. The molecule has 2 aromatic carbocycles. The van der Waals surface area contributed by atoms with Crippen molar-refractivity contribution in [2.24, 2.45) is 0 Å². The molecule has 0 fully saturated rings. The molecule has 0 aromatic heterocycles. The monoisotopic (exact) mass is 410 g/mol. The molecule has 0 bridgehead atoms. The van der Waals surface area contributed by atoms with E-state index < -0.39 is 0 Å². The van der Waals surface area contributed by atoms with Crippen molar-refractivity contribution in [3.05, 3.63) is 74.8 Å². The predicted octanol–water partition coefficient (Wildman–Crippen LogP) is 6.67. The second-order valence-corrected chi connectivity index (χ2v) is 8.47. The van der Waals surface area contributed by atoms with Gasteiger partial charge >= 0.3 is 0 Å².